The Balaban J connectivity index is 1.58. The van der Waals surface area contributed by atoms with Gasteiger partial charge in [0, 0.05) is 62.5 Å². The number of halogens is 1. The molecule has 39 heavy (non-hydrogen) atoms. The molecule has 6 rings (SSSR count). The highest BCUT2D eigenvalue weighted by atomic mass is 32.1. The van der Waals surface area contributed by atoms with E-state index < -0.39 is 11.8 Å². The molecule has 0 aliphatic carbocycles. The van der Waals surface area contributed by atoms with E-state index in [-0.39, 0.29) is 24.1 Å². The topological polar surface area (TPSA) is 127 Å². The Kier molecular flexibility index (Phi) is 6.03. The standard InChI is InChI=1S/C29H24FN5O3S/c1-14(2)24-25(27(29(37)38)35-26(24)20-11-16(30)12-22-18(20)4-6-32-22)19-9-15(10-21-17(19)3-5-31-21)28(36)34-13-23-33-7-8-39-23/h3-12,14,31-32,35H,13H2,1-2H3,(H,34,36)(H,37,38). The molecule has 2 aromatic carbocycles. The first kappa shape index (κ1) is 24.6. The van der Waals surface area contributed by atoms with Gasteiger partial charge in [0.2, 0.25) is 0 Å². The van der Waals surface area contributed by atoms with Crippen molar-refractivity contribution in [2.24, 2.45) is 0 Å². The molecule has 196 valence electrons. The Bertz CT molecular complexity index is 1860. The number of rotatable bonds is 7. The highest BCUT2D eigenvalue weighted by molar-refractivity contribution is 7.09. The summed E-state index contributed by atoms with van der Waals surface area (Å²) in [7, 11) is 0. The third-order valence-corrected chi connectivity index (χ3v) is 7.60. The zero-order valence-corrected chi connectivity index (χ0v) is 21.9. The van der Waals surface area contributed by atoms with E-state index in [0.29, 0.717) is 39.0 Å². The average Bonchev–Trinajstić information content (AvgIpc) is 3.71. The van der Waals surface area contributed by atoms with Crippen molar-refractivity contribution in [2.45, 2.75) is 26.3 Å². The first-order chi connectivity index (χ1) is 18.8. The van der Waals surface area contributed by atoms with E-state index >= 15 is 0 Å². The number of benzene rings is 2. The second-order valence-corrected chi connectivity index (χ2v) is 10.6. The quantitative estimate of drug-likeness (QED) is 0.155. The smallest absolute Gasteiger partial charge is 0.352 e. The Morgan fingerprint density at radius 2 is 1.77 bits per heavy atom. The third-order valence-electron chi connectivity index (χ3n) is 6.82. The Morgan fingerprint density at radius 3 is 2.44 bits per heavy atom. The van der Waals surface area contributed by atoms with Crippen LogP contribution >= 0.6 is 11.3 Å². The van der Waals surface area contributed by atoms with Crippen molar-refractivity contribution in [3.8, 4) is 22.4 Å². The number of aromatic carboxylic acids is 1. The van der Waals surface area contributed by atoms with Gasteiger partial charge in [0.15, 0.2) is 0 Å². The number of nitrogens with one attached hydrogen (secondary N) is 4. The van der Waals surface area contributed by atoms with Crippen LogP contribution in [0.4, 0.5) is 4.39 Å². The van der Waals surface area contributed by atoms with Gasteiger partial charge in [-0.05, 0) is 53.4 Å². The molecule has 0 saturated heterocycles. The monoisotopic (exact) mass is 541 g/mol. The lowest BCUT2D eigenvalue weighted by molar-refractivity contribution is 0.0692. The summed E-state index contributed by atoms with van der Waals surface area (Å²) < 4.78 is 14.7. The van der Waals surface area contributed by atoms with Gasteiger partial charge in [-0.1, -0.05) is 13.8 Å². The number of fused-ring (bicyclic) bond motifs is 2. The summed E-state index contributed by atoms with van der Waals surface area (Å²) >= 11 is 1.45. The first-order valence-corrected chi connectivity index (χ1v) is 13.2. The molecular weight excluding hydrogens is 517 g/mol. The molecule has 4 heterocycles. The van der Waals surface area contributed by atoms with Crippen molar-refractivity contribution in [3.63, 3.8) is 0 Å². The minimum atomic E-state index is -1.15. The zero-order chi connectivity index (χ0) is 27.3. The minimum Gasteiger partial charge on any atom is -0.477 e. The average molecular weight is 542 g/mol. The molecule has 5 N–H and O–H groups in total. The van der Waals surface area contributed by atoms with Gasteiger partial charge in [0.25, 0.3) is 5.91 Å². The normalized spacial score (nSPS) is 11.6. The van der Waals surface area contributed by atoms with Gasteiger partial charge in [0.05, 0.1) is 12.2 Å². The number of aromatic amines is 3. The molecule has 1 amide bonds. The van der Waals surface area contributed by atoms with E-state index in [9.17, 15) is 19.1 Å². The van der Waals surface area contributed by atoms with E-state index in [0.717, 1.165) is 21.3 Å². The molecule has 10 heteroatoms. The molecule has 8 nitrogen and oxygen atoms in total. The SMILES string of the molecule is CC(C)c1c(-c2cc(F)cc3[nH]ccc23)[nH]c(C(=O)O)c1-c1cc(C(=O)NCc2nccs2)cc2[nH]ccc12. The van der Waals surface area contributed by atoms with E-state index in [1.54, 1.807) is 30.7 Å². The maximum Gasteiger partial charge on any atom is 0.352 e. The fourth-order valence-electron chi connectivity index (χ4n) is 5.19. The van der Waals surface area contributed by atoms with E-state index in [2.05, 4.69) is 25.3 Å². The Morgan fingerprint density at radius 1 is 1.05 bits per heavy atom. The fourth-order valence-corrected chi connectivity index (χ4v) is 5.74. The van der Waals surface area contributed by atoms with Crippen LogP contribution < -0.4 is 5.32 Å². The number of nitrogens with zero attached hydrogens (tertiary/aromatic N) is 1. The van der Waals surface area contributed by atoms with E-state index in [4.69, 9.17) is 0 Å². The predicted molar refractivity (Wildman–Crippen MR) is 150 cm³/mol. The molecule has 0 bridgehead atoms. The van der Waals surface area contributed by atoms with Crippen LogP contribution in [0, 0.1) is 5.82 Å². The van der Waals surface area contributed by atoms with Crippen LogP contribution in [0.3, 0.4) is 0 Å². The zero-order valence-electron chi connectivity index (χ0n) is 21.1. The molecule has 0 fully saturated rings. The van der Waals surface area contributed by atoms with Gasteiger partial charge in [-0.25, -0.2) is 14.2 Å². The number of H-pyrrole nitrogens is 3. The first-order valence-electron chi connectivity index (χ1n) is 12.4. The molecule has 0 unspecified atom stereocenters. The van der Waals surface area contributed by atoms with Gasteiger partial charge in [-0.15, -0.1) is 11.3 Å². The van der Waals surface area contributed by atoms with E-state index in [1.807, 2.05) is 31.4 Å². The number of thiazole rings is 1. The molecule has 0 spiro atoms. The number of hydrogen-bond donors (Lipinski definition) is 5. The number of hydrogen-bond acceptors (Lipinski definition) is 4. The van der Waals surface area contributed by atoms with Crippen LogP contribution in [0.15, 0.2) is 60.4 Å². The van der Waals surface area contributed by atoms with Gasteiger partial charge < -0.3 is 25.4 Å². The number of carbonyl (C=O) groups excluding carboxylic acids is 1. The third kappa shape index (κ3) is 4.28. The van der Waals surface area contributed by atoms with Crippen LogP contribution in [0.2, 0.25) is 0 Å². The van der Waals surface area contributed by atoms with Crippen molar-refractivity contribution in [2.75, 3.05) is 0 Å². The van der Waals surface area contributed by atoms with Crippen LogP contribution in [0.25, 0.3) is 44.2 Å². The van der Waals surface area contributed by atoms with Gasteiger partial charge in [0.1, 0.15) is 16.5 Å². The van der Waals surface area contributed by atoms with Gasteiger partial charge in [-0.3, -0.25) is 4.79 Å². The summed E-state index contributed by atoms with van der Waals surface area (Å²) in [5.41, 5.74) is 4.55. The van der Waals surface area contributed by atoms with Crippen molar-refractivity contribution >= 4 is 45.0 Å². The Labute approximate surface area is 225 Å². The number of aromatic nitrogens is 4. The molecule has 4 aromatic heterocycles. The van der Waals surface area contributed by atoms with Crippen LogP contribution in [0.1, 0.15) is 51.2 Å². The largest absolute Gasteiger partial charge is 0.477 e. The molecule has 0 atom stereocenters. The van der Waals surface area contributed by atoms with Gasteiger partial charge >= 0.3 is 5.97 Å². The summed E-state index contributed by atoms with van der Waals surface area (Å²) in [4.78, 5) is 39.3. The summed E-state index contributed by atoms with van der Waals surface area (Å²) in [6.07, 6.45) is 5.16. The minimum absolute atomic E-state index is 0.0236. The van der Waals surface area contributed by atoms with Gasteiger partial charge in [-0.2, -0.15) is 0 Å². The number of carbonyl (C=O) groups is 2. The molecule has 0 saturated carbocycles. The summed E-state index contributed by atoms with van der Waals surface area (Å²) in [6, 6.07) is 9.99. The lowest BCUT2D eigenvalue weighted by atomic mass is 9.88. The summed E-state index contributed by atoms with van der Waals surface area (Å²) in [5.74, 6) is -2.02. The molecule has 6 aromatic rings. The van der Waals surface area contributed by atoms with Crippen molar-refractivity contribution < 1.29 is 19.1 Å². The van der Waals surface area contributed by atoms with Crippen molar-refractivity contribution in [1.82, 2.24) is 25.3 Å². The second kappa shape index (κ2) is 9.55. The maximum atomic E-state index is 14.7. The molecule has 0 radical (unpaired) electrons. The summed E-state index contributed by atoms with van der Waals surface area (Å²) in [6.45, 7) is 4.22. The highest BCUT2D eigenvalue weighted by Gasteiger charge is 2.28. The lowest BCUT2D eigenvalue weighted by Crippen LogP contribution is -2.22. The number of carboxylic acid groups (broad SMARTS) is 1. The molecule has 0 aliphatic rings. The Hall–Kier alpha value is -4.70. The molecular formula is C29H24FN5O3S. The summed E-state index contributed by atoms with van der Waals surface area (Å²) in [5, 5.41) is 17.4. The number of amides is 1. The number of carboxylic acids is 1. The van der Waals surface area contributed by atoms with Crippen molar-refractivity contribution in [3.05, 3.63) is 88.0 Å². The van der Waals surface area contributed by atoms with Crippen LogP contribution in [0.5, 0.6) is 0 Å². The highest BCUT2D eigenvalue weighted by Crippen LogP contribution is 2.44. The van der Waals surface area contributed by atoms with Crippen LogP contribution in [-0.2, 0) is 6.54 Å². The molecule has 0 aliphatic heterocycles. The second-order valence-electron chi connectivity index (χ2n) is 9.59. The fraction of sp³-hybridized carbons (Fsp3) is 0.138. The van der Waals surface area contributed by atoms with E-state index in [1.165, 1.54) is 23.5 Å². The lowest BCUT2D eigenvalue weighted by Gasteiger charge is -2.15. The maximum absolute atomic E-state index is 14.7. The van der Waals surface area contributed by atoms with Crippen molar-refractivity contribution in [1.29, 1.82) is 0 Å². The van der Waals surface area contributed by atoms with Crippen LogP contribution in [-0.4, -0.2) is 36.9 Å². The predicted octanol–water partition coefficient (Wildman–Crippen LogP) is 6.66.